The first-order valence-corrected chi connectivity index (χ1v) is 10.2. The number of urea groups is 1. The number of piperidine rings is 1. The molecule has 1 saturated heterocycles. The van der Waals surface area contributed by atoms with Crippen LogP contribution in [0.2, 0.25) is 0 Å². The van der Waals surface area contributed by atoms with Crippen LogP contribution in [0.15, 0.2) is 48.5 Å². The van der Waals surface area contributed by atoms with Crippen molar-refractivity contribution in [3.8, 4) is 5.75 Å². The number of benzene rings is 2. The maximum absolute atomic E-state index is 13.3. The van der Waals surface area contributed by atoms with E-state index in [-0.39, 0.29) is 23.7 Å². The maximum atomic E-state index is 13.3. The summed E-state index contributed by atoms with van der Waals surface area (Å²) in [5.41, 5.74) is 1.46. The fourth-order valence-electron chi connectivity index (χ4n) is 3.62. The van der Waals surface area contributed by atoms with Gasteiger partial charge in [-0.15, -0.1) is 0 Å². The summed E-state index contributed by atoms with van der Waals surface area (Å²) in [4.78, 5) is 26.4. The van der Waals surface area contributed by atoms with Crippen LogP contribution in [0.25, 0.3) is 0 Å². The van der Waals surface area contributed by atoms with Crippen LogP contribution in [0.5, 0.6) is 5.75 Å². The lowest BCUT2D eigenvalue weighted by Gasteiger charge is -2.32. The van der Waals surface area contributed by atoms with Crippen LogP contribution in [0.1, 0.15) is 31.2 Å². The van der Waals surface area contributed by atoms with E-state index in [2.05, 4.69) is 10.6 Å². The number of rotatable bonds is 7. The summed E-state index contributed by atoms with van der Waals surface area (Å²) in [6, 6.07) is 13.2. The monoisotopic (exact) mass is 413 g/mol. The van der Waals surface area contributed by atoms with Gasteiger partial charge in [-0.25, -0.2) is 9.18 Å². The van der Waals surface area contributed by atoms with Gasteiger partial charge in [-0.1, -0.05) is 18.2 Å². The van der Waals surface area contributed by atoms with Crippen molar-refractivity contribution in [2.45, 2.75) is 32.2 Å². The zero-order valence-corrected chi connectivity index (χ0v) is 17.2. The van der Waals surface area contributed by atoms with E-state index in [1.54, 1.807) is 24.1 Å². The summed E-state index contributed by atoms with van der Waals surface area (Å²) in [6.07, 6.45) is 3.06. The normalized spacial score (nSPS) is 16.1. The summed E-state index contributed by atoms with van der Waals surface area (Å²) in [5.74, 6) is 0.689. The molecule has 1 aliphatic rings. The van der Waals surface area contributed by atoms with Crippen molar-refractivity contribution in [2.75, 3.05) is 25.5 Å². The number of methoxy groups -OCH3 is 1. The highest BCUT2D eigenvalue weighted by Crippen LogP contribution is 2.22. The van der Waals surface area contributed by atoms with E-state index in [0.29, 0.717) is 31.7 Å². The Morgan fingerprint density at radius 3 is 2.73 bits per heavy atom. The molecule has 0 spiro atoms. The second-order valence-corrected chi connectivity index (χ2v) is 7.56. The topological polar surface area (TPSA) is 70.7 Å². The molecule has 0 saturated carbocycles. The molecule has 2 aromatic carbocycles. The fourth-order valence-corrected chi connectivity index (χ4v) is 3.62. The largest absolute Gasteiger partial charge is 0.497 e. The quantitative estimate of drug-likeness (QED) is 0.716. The molecule has 2 N–H and O–H groups in total. The Bertz CT molecular complexity index is 857. The number of nitrogens with zero attached hydrogens (tertiary/aromatic N) is 1. The Morgan fingerprint density at radius 2 is 2.00 bits per heavy atom. The molecule has 0 aliphatic carbocycles. The molecule has 1 fully saturated rings. The molecule has 6 nitrogen and oxygen atoms in total. The maximum Gasteiger partial charge on any atom is 0.321 e. The van der Waals surface area contributed by atoms with Crippen LogP contribution in [0.3, 0.4) is 0 Å². The second kappa shape index (κ2) is 10.6. The third-order valence-corrected chi connectivity index (χ3v) is 5.31. The molecule has 3 amide bonds. The van der Waals surface area contributed by atoms with Gasteiger partial charge in [0.2, 0.25) is 5.91 Å². The van der Waals surface area contributed by atoms with Gasteiger partial charge in [0, 0.05) is 31.7 Å². The molecule has 0 radical (unpaired) electrons. The number of amides is 3. The van der Waals surface area contributed by atoms with E-state index < -0.39 is 0 Å². The molecule has 0 bridgehead atoms. The van der Waals surface area contributed by atoms with Gasteiger partial charge in [-0.2, -0.15) is 0 Å². The molecule has 0 aromatic heterocycles. The molecular formula is C23H28FN3O3. The van der Waals surface area contributed by atoms with Crippen LogP contribution in [-0.2, 0) is 11.3 Å². The van der Waals surface area contributed by atoms with Crippen molar-refractivity contribution in [3.05, 3.63) is 59.9 Å². The minimum atomic E-state index is -0.384. The SMILES string of the molecule is COc1ccc(CNC(=O)CC[C@@H]2CCCN(C(=O)Nc3cccc(F)c3)C2)cc1. The third-order valence-electron chi connectivity index (χ3n) is 5.31. The summed E-state index contributed by atoms with van der Waals surface area (Å²) >= 11 is 0. The van der Waals surface area contributed by atoms with Crippen LogP contribution in [0.4, 0.5) is 14.9 Å². The van der Waals surface area contributed by atoms with Gasteiger partial charge in [0.1, 0.15) is 11.6 Å². The van der Waals surface area contributed by atoms with Gasteiger partial charge in [0.15, 0.2) is 0 Å². The van der Waals surface area contributed by atoms with Crippen LogP contribution >= 0.6 is 0 Å². The molecule has 7 heteroatoms. The highest BCUT2D eigenvalue weighted by atomic mass is 19.1. The first kappa shape index (κ1) is 21.6. The van der Waals surface area contributed by atoms with Crippen LogP contribution < -0.4 is 15.4 Å². The Morgan fingerprint density at radius 1 is 1.20 bits per heavy atom. The number of carbonyl (C=O) groups is 2. The first-order valence-electron chi connectivity index (χ1n) is 10.2. The van der Waals surface area contributed by atoms with Gasteiger partial charge in [0.25, 0.3) is 0 Å². The summed E-state index contributed by atoms with van der Waals surface area (Å²) < 4.78 is 18.4. The van der Waals surface area contributed by atoms with E-state index >= 15 is 0 Å². The third kappa shape index (κ3) is 6.47. The number of halogens is 1. The summed E-state index contributed by atoms with van der Waals surface area (Å²) in [6.45, 7) is 1.75. The van der Waals surface area contributed by atoms with Gasteiger partial charge < -0.3 is 20.3 Å². The molecule has 30 heavy (non-hydrogen) atoms. The Balaban J connectivity index is 1.40. The van der Waals surface area contributed by atoms with Crippen molar-refractivity contribution >= 4 is 17.6 Å². The first-order chi connectivity index (χ1) is 14.5. The molecule has 3 rings (SSSR count). The smallest absolute Gasteiger partial charge is 0.321 e. The Hall–Kier alpha value is -3.09. The van der Waals surface area contributed by atoms with Gasteiger partial charge >= 0.3 is 6.03 Å². The van der Waals surface area contributed by atoms with Crippen molar-refractivity contribution < 1.29 is 18.7 Å². The van der Waals surface area contributed by atoms with E-state index in [0.717, 1.165) is 30.6 Å². The zero-order chi connectivity index (χ0) is 21.3. The number of hydrogen-bond acceptors (Lipinski definition) is 3. The molecule has 1 atom stereocenters. The number of nitrogens with one attached hydrogen (secondary N) is 2. The van der Waals surface area contributed by atoms with Crippen molar-refractivity contribution in [2.24, 2.45) is 5.92 Å². The minimum absolute atomic E-state index is 0.00662. The second-order valence-electron chi connectivity index (χ2n) is 7.56. The van der Waals surface area contributed by atoms with Crippen molar-refractivity contribution in [1.29, 1.82) is 0 Å². The molecule has 1 heterocycles. The van der Waals surface area contributed by atoms with Crippen molar-refractivity contribution in [1.82, 2.24) is 10.2 Å². The Kier molecular flexibility index (Phi) is 7.65. The average Bonchev–Trinajstić information content (AvgIpc) is 2.77. The van der Waals surface area contributed by atoms with Crippen LogP contribution in [-0.4, -0.2) is 37.0 Å². The summed E-state index contributed by atoms with van der Waals surface area (Å²) in [7, 11) is 1.62. The van der Waals surface area contributed by atoms with Gasteiger partial charge in [0.05, 0.1) is 7.11 Å². The predicted octanol–water partition coefficient (Wildman–Crippen LogP) is 4.17. The summed E-state index contributed by atoms with van der Waals surface area (Å²) in [5, 5.41) is 5.68. The van der Waals surface area contributed by atoms with Gasteiger partial charge in [-0.05, 0) is 61.1 Å². The standard InChI is InChI=1S/C23H28FN3O3/c1-30-21-10-7-17(8-11-21)15-25-22(28)12-9-18-4-3-13-27(16-18)23(29)26-20-6-2-5-19(24)14-20/h2,5-8,10-11,14,18H,3-4,9,12-13,15-16H2,1H3,(H,25,28)(H,26,29)/t18-/m0/s1. The molecule has 2 aromatic rings. The molecule has 0 unspecified atom stereocenters. The van der Waals surface area contributed by atoms with E-state index in [4.69, 9.17) is 4.74 Å². The van der Waals surface area contributed by atoms with E-state index in [1.165, 1.54) is 12.1 Å². The van der Waals surface area contributed by atoms with Crippen molar-refractivity contribution in [3.63, 3.8) is 0 Å². The molecule has 160 valence electrons. The number of carbonyl (C=O) groups excluding carboxylic acids is 2. The lowest BCUT2D eigenvalue weighted by molar-refractivity contribution is -0.121. The molecular weight excluding hydrogens is 385 g/mol. The number of ether oxygens (including phenoxy) is 1. The van der Waals surface area contributed by atoms with E-state index in [1.807, 2.05) is 24.3 Å². The zero-order valence-electron chi connectivity index (χ0n) is 17.2. The average molecular weight is 413 g/mol. The van der Waals surface area contributed by atoms with Crippen LogP contribution in [0, 0.1) is 11.7 Å². The number of anilines is 1. The number of hydrogen-bond donors (Lipinski definition) is 2. The number of likely N-dealkylation sites (tertiary alicyclic amines) is 1. The fraction of sp³-hybridized carbons (Fsp3) is 0.391. The lowest BCUT2D eigenvalue weighted by Crippen LogP contribution is -2.42. The minimum Gasteiger partial charge on any atom is -0.497 e. The van der Waals surface area contributed by atoms with E-state index in [9.17, 15) is 14.0 Å². The molecule has 1 aliphatic heterocycles. The highest BCUT2D eigenvalue weighted by molar-refractivity contribution is 5.89. The lowest BCUT2D eigenvalue weighted by atomic mass is 9.93. The predicted molar refractivity (Wildman–Crippen MR) is 114 cm³/mol. The Labute approximate surface area is 176 Å². The van der Waals surface area contributed by atoms with Gasteiger partial charge in [-0.3, -0.25) is 4.79 Å². The highest BCUT2D eigenvalue weighted by Gasteiger charge is 2.24.